The summed E-state index contributed by atoms with van der Waals surface area (Å²) in [6.45, 7) is 5.80. The molecular weight excluding hydrogens is 386 g/mol. The van der Waals surface area contributed by atoms with E-state index in [2.05, 4.69) is 39.8 Å². The van der Waals surface area contributed by atoms with Crippen molar-refractivity contribution in [1.82, 2.24) is 19.8 Å². The summed E-state index contributed by atoms with van der Waals surface area (Å²) in [7, 11) is 0. The zero-order valence-corrected chi connectivity index (χ0v) is 17.5. The van der Waals surface area contributed by atoms with Gasteiger partial charge in [-0.25, -0.2) is 4.52 Å². The van der Waals surface area contributed by atoms with Crippen molar-refractivity contribution in [2.75, 3.05) is 5.32 Å². The van der Waals surface area contributed by atoms with Crippen LogP contribution >= 0.6 is 0 Å². The van der Waals surface area contributed by atoms with E-state index in [1.165, 1.54) is 0 Å². The highest BCUT2D eigenvalue weighted by molar-refractivity contribution is 6.04. The van der Waals surface area contributed by atoms with Gasteiger partial charge in [-0.1, -0.05) is 60.2 Å². The van der Waals surface area contributed by atoms with Crippen molar-refractivity contribution in [3.05, 3.63) is 89.4 Å². The average Bonchev–Trinajstić information content (AvgIpc) is 3.12. The first kappa shape index (κ1) is 18.9. The molecule has 1 N–H and O–H groups in total. The van der Waals surface area contributed by atoms with Gasteiger partial charge in [-0.3, -0.25) is 4.79 Å². The van der Waals surface area contributed by atoms with Gasteiger partial charge in [0.15, 0.2) is 11.3 Å². The Hall–Kier alpha value is -4.06. The number of anilines is 1. The molecule has 0 radical (unpaired) electrons. The van der Waals surface area contributed by atoms with Crippen molar-refractivity contribution in [2.45, 2.75) is 20.8 Å². The zero-order valence-electron chi connectivity index (χ0n) is 17.5. The number of aryl methyl sites for hydroxylation is 3. The fourth-order valence-corrected chi connectivity index (χ4v) is 3.91. The number of nitrogens with zero attached hydrogens (tertiary/aromatic N) is 4. The second-order valence-corrected chi connectivity index (χ2v) is 7.68. The Morgan fingerprint density at radius 3 is 2.42 bits per heavy atom. The number of aromatic nitrogens is 4. The third kappa shape index (κ3) is 3.22. The van der Waals surface area contributed by atoms with E-state index < -0.39 is 0 Å². The van der Waals surface area contributed by atoms with Gasteiger partial charge in [-0.15, -0.1) is 10.2 Å². The van der Waals surface area contributed by atoms with Crippen LogP contribution in [0.25, 0.3) is 27.5 Å². The molecule has 0 aliphatic heterocycles. The predicted octanol–water partition coefficient (Wildman–Crippen LogP) is 5.12. The van der Waals surface area contributed by atoms with Crippen LogP contribution in [-0.2, 0) is 0 Å². The molecule has 0 saturated heterocycles. The highest BCUT2D eigenvalue weighted by atomic mass is 16.2. The highest BCUT2D eigenvalue weighted by Gasteiger charge is 2.21. The number of fused-ring (bicyclic) bond motifs is 2. The van der Waals surface area contributed by atoms with Crippen molar-refractivity contribution >= 4 is 28.0 Å². The van der Waals surface area contributed by atoms with Crippen molar-refractivity contribution in [1.29, 1.82) is 0 Å². The van der Waals surface area contributed by atoms with E-state index in [0.717, 1.165) is 33.2 Å². The van der Waals surface area contributed by atoms with E-state index in [4.69, 9.17) is 5.10 Å². The zero-order chi connectivity index (χ0) is 21.5. The number of hydrogen-bond donors (Lipinski definition) is 1. The Morgan fingerprint density at radius 2 is 1.61 bits per heavy atom. The summed E-state index contributed by atoms with van der Waals surface area (Å²) in [6, 6.07) is 22.1. The van der Waals surface area contributed by atoms with Crippen LogP contribution in [0.1, 0.15) is 27.4 Å². The highest BCUT2D eigenvalue weighted by Crippen LogP contribution is 2.33. The molecule has 5 aromatic rings. The summed E-state index contributed by atoms with van der Waals surface area (Å²) >= 11 is 0. The molecular formula is C25H21N5O. The second kappa shape index (κ2) is 7.32. The molecule has 6 nitrogen and oxygen atoms in total. The van der Waals surface area contributed by atoms with Gasteiger partial charge < -0.3 is 5.32 Å². The van der Waals surface area contributed by atoms with Crippen LogP contribution in [0, 0.1) is 20.8 Å². The SMILES string of the molecule is Cc1ccc(NC(=O)c2nnc3c(-c4cccc5ccccc45)c(C)nn3c2C)cc1. The molecule has 31 heavy (non-hydrogen) atoms. The number of rotatable bonds is 3. The van der Waals surface area contributed by atoms with Gasteiger partial charge in [0.2, 0.25) is 0 Å². The molecule has 0 atom stereocenters. The van der Waals surface area contributed by atoms with Crippen LogP contribution in [0.5, 0.6) is 0 Å². The minimum absolute atomic E-state index is 0.250. The number of hydrogen-bond acceptors (Lipinski definition) is 4. The van der Waals surface area contributed by atoms with E-state index in [-0.39, 0.29) is 11.6 Å². The standard InChI is InChI=1S/C25H21N5O/c1-15-11-13-19(14-12-15)26-25(31)23-17(3)30-24(28-27-23)22(16(2)29-30)21-10-6-8-18-7-4-5-9-20(18)21/h4-14H,1-3H3,(H,26,31). The Balaban J connectivity index is 1.61. The molecule has 2 aromatic heterocycles. The van der Waals surface area contributed by atoms with E-state index in [9.17, 15) is 4.79 Å². The Kier molecular flexibility index (Phi) is 4.47. The second-order valence-electron chi connectivity index (χ2n) is 7.68. The number of carbonyl (C=O) groups excluding carboxylic acids is 1. The van der Waals surface area contributed by atoms with E-state index in [0.29, 0.717) is 17.0 Å². The molecule has 2 heterocycles. The maximum Gasteiger partial charge on any atom is 0.278 e. The first-order valence-electron chi connectivity index (χ1n) is 10.1. The Bertz CT molecular complexity index is 1450. The van der Waals surface area contributed by atoms with Crippen LogP contribution in [0.3, 0.4) is 0 Å². The summed E-state index contributed by atoms with van der Waals surface area (Å²) in [5.74, 6) is -0.310. The van der Waals surface area contributed by atoms with E-state index in [1.54, 1.807) is 4.52 Å². The summed E-state index contributed by atoms with van der Waals surface area (Å²) in [5, 5.41) is 18.5. The Morgan fingerprint density at radius 1 is 0.871 bits per heavy atom. The van der Waals surface area contributed by atoms with Crippen LogP contribution in [0.2, 0.25) is 0 Å². The lowest BCUT2D eigenvalue weighted by Crippen LogP contribution is -2.18. The third-order valence-corrected chi connectivity index (χ3v) is 5.52. The predicted molar refractivity (Wildman–Crippen MR) is 122 cm³/mol. The van der Waals surface area contributed by atoms with Crippen LogP contribution in [-0.4, -0.2) is 25.7 Å². The smallest absolute Gasteiger partial charge is 0.278 e. The number of nitrogens with one attached hydrogen (secondary N) is 1. The summed E-state index contributed by atoms with van der Waals surface area (Å²) in [5.41, 5.74) is 6.19. The molecule has 0 fully saturated rings. The molecule has 152 valence electrons. The van der Waals surface area contributed by atoms with Crippen LogP contribution < -0.4 is 5.32 Å². The normalized spacial score (nSPS) is 11.2. The van der Waals surface area contributed by atoms with Crippen molar-refractivity contribution in [3.8, 4) is 11.1 Å². The quantitative estimate of drug-likeness (QED) is 0.450. The van der Waals surface area contributed by atoms with Crippen molar-refractivity contribution in [2.24, 2.45) is 0 Å². The molecule has 6 heteroatoms. The van der Waals surface area contributed by atoms with E-state index in [1.807, 2.05) is 63.2 Å². The number of carbonyl (C=O) groups is 1. The molecule has 5 rings (SSSR count). The monoisotopic (exact) mass is 407 g/mol. The van der Waals surface area contributed by atoms with Gasteiger partial charge >= 0.3 is 0 Å². The molecule has 1 amide bonds. The average molecular weight is 407 g/mol. The van der Waals surface area contributed by atoms with Gasteiger partial charge in [0.1, 0.15) is 0 Å². The first-order valence-corrected chi connectivity index (χ1v) is 10.1. The minimum Gasteiger partial charge on any atom is -0.321 e. The minimum atomic E-state index is -0.310. The fraction of sp³-hybridized carbons (Fsp3) is 0.120. The fourth-order valence-electron chi connectivity index (χ4n) is 3.91. The topological polar surface area (TPSA) is 72.2 Å². The number of amides is 1. The Labute approximate surface area is 179 Å². The summed E-state index contributed by atoms with van der Waals surface area (Å²) in [4.78, 5) is 12.8. The molecule has 0 bridgehead atoms. The molecule has 0 aliphatic carbocycles. The van der Waals surface area contributed by atoms with Crippen LogP contribution in [0.4, 0.5) is 5.69 Å². The van der Waals surface area contributed by atoms with E-state index >= 15 is 0 Å². The maximum absolute atomic E-state index is 12.8. The lowest BCUT2D eigenvalue weighted by atomic mass is 9.98. The molecule has 0 aliphatic rings. The van der Waals surface area contributed by atoms with Gasteiger partial charge in [-0.2, -0.15) is 5.10 Å². The number of benzene rings is 3. The van der Waals surface area contributed by atoms with Gasteiger partial charge in [0.05, 0.1) is 17.0 Å². The molecule has 0 unspecified atom stereocenters. The third-order valence-electron chi connectivity index (χ3n) is 5.52. The van der Waals surface area contributed by atoms with Gasteiger partial charge in [0.25, 0.3) is 5.91 Å². The van der Waals surface area contributed by atoms with Gasteiger partial charge in [0, 0.05) is 5.69 Å². The van der Waals surface area contributed by atoms with Crippen molar-refractivity contribution < 1.29 is 4.79 Å². The largest absolute Gasteiger partial charge is 0.321 e. The van der Waals surface area contributed by atoms with Gasteiger partial charge in [-0.05, 0) is 49.2 Å². The lowest BCUT2D eigenvalue weighted by molar-refractivity contribution is 0.102. The van der Waals surface area contributed by atoms with Crippen molar-refractivity contribution in [3.63, 3.8) is 0 Å². The van der Waals surface area contributed by atoms with Crippen LogP contribution in [0.15, 0.2) is 66.7 Å². The first-order chi connectivity index (χ1) is 15.0. The lowest BCUT2D eigenvalue weighted by Gasteiger charge is -2.09. The molecule has 0 saturated carbocycles. The molecule has 0 spiro atoms. The summed E-state index contributed by atoms with van der Waals surface area (Å²) in [6.07, 6.45) is 0. The maximum atomic E-state index is 12.8. The molecule has 3 aromatic carbocycles. The summed E-state index contributed by atoms with van der Waals surface area (Å²) < 4.78 is 1.71.